The monoisotopic (exact) mass is 507 g/mol. The Balaban J connectivity index is 1.57. The standard InChI is InChI=1S/C29H25N5O2S/c1-17-18(2)37-29-26(17)27(31-24(15-25(35)36-4)28-33-32-19(3)34(28)29)23-12-10-20(11-13-23)8-9-21-6-5-7-22(14-21)16-30/h5-14,24H,15H2,1-4H3/t24-/m0/s1. The van der Waals surface area contributed by atoms with Crippen molar-refractivity contribution in [3.05, 3.63) is 98.4 Å². The van der Waals surface area contributed by atoms with Crippen molar-refractivity contribution < 1.29 is 9.53 Å². The molecule has 0 amide bonds. The lowest BCUT2D eigenvalue weighted by Gasteiger charge is -2.12. The first-order valence-electron chi connectivity index (χ1n) is 11.9. The molecule has 0 radical (unpaired) electrons. The highest BCUT2D eigenvalue weighted by atomic mass is 32.1. The summed E-state index contributed by atoms with van der Waals surface area (Å²) in [5.41, 5.74) is 6.60. The van der Waals surface area contributed by atoms with Gasteiger partial charge in [0, 0.05) is 16.0 Å². The minimum Gasteiger partial charge on any atom is -0.469 e. The van der Waals surface area contributed by atoms with Crippen LogP contribution in [0.15, 0.2) is 53.5 Å². The Morgan fingerprint density at radius 1 is 1.11 bits per heavy atom. The molecule has 37 heavy (non-hydrogen) atoms. The van der Waals surface area contributed by atoms with Gasteiger partial charge >= 0.3 is 5.97 Å². The van der Waals surface area contributed by atoms with Crippen molar-refractivity contribution in [3.63, 3.8) is 0 Å². The molecule has 0 unspecified atom stereocenters. The smallest absolute Gasteiger partial charge is 0.308 e. The molecule has 5 rings (SSSR count). The lowest BCUT2D eigenvalue weighted by molar-refractivity contribution is -0.141. The van der Waals surface area contributed by atoms with Crippen LogP contribution in [0.3, 0.4) is 0 Å². The highest BCUT2D eigenvalue weighted by Crippen LogP contribution is 2.39. The van der Waals surface area contributed by atoms with E-state index in [2.05, 4.69) is 42.2 Å². The molecule has 0 saturated carbocycles. The molecule has 3 heterocycles. The lowest BCUT2D eigenvalue weighted by atomic mass is 9.98. The Labute approximate surface area is 219 Å². The summed E-state index contributed by atoms with van der Waals surface area (Å²) in [7, 11) is 1.38. The molecule has 2 aromatic carbocycles. The van der Waals surface area contributed by atoms with Crippen molar-refractivity contribution >= 4 is 35.2 Å². The van der Waals surface area contributed by atoms with Crippen LogP contribution in [0.5, 0.6) is 0 Å². The molecule has 0 aliphatic carbocycles. The summed E-state index contributed by atoms with van der Waals surface area (Å²) in [4.78, 5) is 18.6. The molecule has 0 bridgehead atoms. The number of fused-ring (bicyclic) bond motifs is 3. The Hall–Kier alpha value is -4.35. The van der Waals surface area contributed by atoms with Crippen molar-refractivity contribution in [2.24, 2.45) is 4.99 Å². The number of hydrogen-bond acceptors (Lipinski definition) is 7. The number of carbonyl (C=O) groups is 1. The van der Waals surface area contributed by atoms with Gasteiger partial charge in [0.25, 0.3) is 0 Å². The number of hydrogen-bond donors (Lipinski definition) is 0. The maximum absolute atomic E-state index is 12.3. The van der Waals surface area contributed by atoms with Gasteiger partial charge in [0.2, 0.25) is 0 Å². The van der Waals surface area contributed by atoms with Crippen LogP contribution in [0.1, 0.15) is 62.4 Å². The first-order chi connectivity index (χ1) is 17.9. The number of esters is 1. The second kappa shape index (κ2) is 9.96. The van der Waals surface area contributed by atoms with Gasteiger partial charge in [-0.2, -0.15) is 5.26 Å². The van der Waals surface area contributed by atoms with Crippen LogP contribution < -0.4 is 0 Å². The predicted octanol–water partition coefficient (Wildman–Crippen LogP) is 5.75. The number of aryl methyl sites for hydroxylation is 2. The summed E-state index contributed by atoms with van der Waals surface area (Å²) in [6.07, 6.45) is 4.09. The number of ether oxygens (including phenoxy) is 1. The molecule has 1 atom stereocenters. The predicted molar refractivity (Wildman–Crippen MR) is 145 cm³/mol. The van der Waals surface area contributed by atoms with Crippen LogP contribution in [-0.4, -0.2) is 33.6 Å². The summed E-state index contributed by atoms with van der Waals surface area (Å²) in [5.74, 6) is 1.05. The van der Waals surface area contributed by atoms with Gasteiger partial charge in [0.1, 0.15) is 16.9 Å². The number of aromatic nitrogens is 3. The second-order valence-electron chi connectivity index (χ2n) is 8.87. The fourth-order valence-electron chi connectivity index (χ4n) is 4.42. The van der Waals surface area contributed by atoms with Crippen LogP contribution in [0.25, 0.3) is 17.2 Å². The number of benzene rings is 2. The Morgan fingerprint density at radius 2 is 1.86 bits per heavy atom. The van der Waals surface area contributed by atoms with Crippen LogP contribution >= 0.6 is 11.3 Å². The van der Waals surface area contributed by atoms with E-state index in [4.69, 9.17) is 15.0 Å². The normalized spacial score (nSPS) is 14.5. The zero-order valence-electron chi connectivity index (χ0n) is 21.0. The third-order valence-electron chi connectivity index (χ3n) is 6.50. The van der Waals surface area contributed by atoms with E-state index in [1.165, 1.54) is 12.0 Å². The molecular formula is C29H25N5O2S. The molecule has 184 valence electrons. The SMILES string of the molecule is COC(=O)C[C@@H]1N=C(c2ccc(C=Cc3cccc(C#N)c3)cc2)c2c(sc(C)c2C)-n2c(C)nnc21. The van der Waals surface area contributed by atoms with E-state index in [1.807, 2.05) is 54.0 Å². The van der Waals surface area contributed by atoms with Gasteiger partial charge in [-0.1, -0.05) is 48.6 Å². The molecule has 0 spiro atoms. The number of rotatable bonds is 5. The Morgan fingerprint density at radius 3 is 2.59 bits per heavy atom. The Bertz CT molecular complexity index is 1600. The molecule has 1 aliphatic rings. The molecule has 1 aliphatic heterocycles. The molecule has 0 fully saturated rings. The van der Waals surface area contributed by atoms with Crippen molar-refractivity contribution in [2.75, 3.05) is 7.11 Å². The van der Waals surface area contributed by atoms with Gasteiger partial charge in [0.05, 0.1) is 30.9 Å². The highest BCUT2D eigenvalue weighted by Gasteiger charge is 2.32. The quantitative estimate of drug-likeness (QED) is 0.253. The first-order valence-corrected chi connectivity index (χ1v) is 12.7. The number of methoxy groups -OCH3 is 1. The van der Waals surface area contributed by atoms with Crippen molar-refractivity contribution in [3.8, 4) is 11.1 Å². The summed E-state index contributed by atoms with van der Waals surface area (Å²) in [6.45, 7) is 6.12. The van der Waals surface area contributed by atoms with E-state index in [1.54, 1.807) is 17.4 Å². The summed E-state index contributed by atoms with van der Waals surface area (Å²) >= 11 is 1.68. The third kappa shape index (κ3) is 4.61. The van der Waals surface area contributed by atoms with Crippen molar-refractivity contribution in [2.45, 2.75) is 33.2 Å². The van der Waals surface area contributed by atoms with E-state index in [-0.39, 0.29) is 12.4 Å². The number of thiophene rings is 1. The highest BCUT2D eigenvalue weighted by molar-refractivity contribution is 7.15. The molecule has 4 aromatic rings. The van der Waals surface area contributed by atoms with Crippen LogP contribution in [0.2, 0.25) is 0 Å². The molecule has 8 heteroatoms. The van der Waals surface area contributed by atoms with Gasteiger partial charge in [-0.15, -0.1) is 21.5 Å². The average molecular weight is 508 g/mol. The first kappa shape index (κ1) is 24.3. The zero-order chi connectivity index (χ0) is 26.1. The third-order valence-corrected chi connectivity index (χ3v) is 7.69. The summed E-state index contributed by atoms with van der Waals surface area (Å²) in [6, 6.07) is 17.3. The molecule has 0 N–H and O–H groups in total. The largest absolute Gasteiger partial charge is 0.469 e. The van der Waals surface area contributed by atoms with Gasteiger partial charge < -0.3 is 4.74 Å². The van der Waals surface area contributed by atoms with E-state index >= 15 is 0 Å². The molecule has 0 saturated heterocycles. The molecule has 2 aromatic heterocycles. The van der Waals surface area contributed by atoms with Gasteiger partial charge in [-0.3, -0.25) is 14.4 Å². The molecule has 7 nitrogen and oxygen atoms in total. The number of nitrogens with zero attached hydrogens (tertiary/aromatic N) is 5. The van der Waals surface area contributed by atoms with E-state index in [9.17, 15) is 4.79 Å². The summed E-state index contributed by atoms with van der Waals surface area (Å²) in [5, 5.41) is 18.9. The lowest BCUT2D eigenvalue weighted by Crippen LogP contribution is -2.12. The van der Waals surface area contributed by atoms with Crippen LogP contribution in [0.4, 0.5) is 0 Å². The van der Waals surface area contributed by atoms with Crippen molar-refractivity contribution in [1.82, 2.24) is 14.8 Å². The number of nitriles is 1. The maximum Gasteiger partial charge on any atom is 0.308 e. The number of aliphatic imine (C=N–C) groups is 1. The Kier molecular flexibility index (Phi) is 6.55. The topological polar surface area (TPSA) is 93.2 Å². The fraction of sp³-hybridized carbons (Fsp3) is 0.207. The minimum absolute atomic E-state index is 0.0771. The van der Waals surface area contributed by atoms with E-state index in [0.29, 0.717) is 11.4 Å². The van der Waals surface area contributed by atoms with Gasteiger partial charge in [-0.05, 0) is 49.6 Å². The van der Waals surface area contributed by atoms with E-state index < -0.39 is 6.04 Å². The van der Waals surface area contributed by atoms with Gasteiger partial charge in [-0.25, -0.2) is 0 Å². The average Bonchev–Trinajstić information content (AvgIpc) is 3.39. The maximum atomic E-state index is 12.3. The number of carbonyl (C=O) groups excluding carboxylic acids is 1. The molecular weight excluding hydrogens is 482 g/mol. The summed E-state index contributed by atoms with van der Waals surface area (Å²) < 4.78 is 6.99. The minimum atomic E-state index is -0.519. The fourth-order valence-corrected chi connectivity index (χ4v) is 5.64. The van der Waals surface area contributed by atoms with E-state index in [0.717, 1.165) is 44.4 Å². The van der Waals surface area contributed by atoms with Crippen molar-refractivity contribution in [1.29, 1.82) is 5.26 Å². The second-order valence-corrected chi connectivity index (χ2v) is 10.1. The zero-order valence-corrected chi connectivity index (χ0v) is 21.8. The van der Waals surface area contributed by atoms with Crippen LogP contribution in [-0.2, 0) is 9.53 Å². The van der Waals surface area contributed by atoms with Gasteiger partial charge in [0.15, 0.2) is 5.82 Å². The van der Waals surface area contributed by atoms with Crippen LogP contribution in [0, 0.1) is 32.1 Å².